The van der Waals surface area contributed by atoms with Gasteiger partial charge >= 0.3 is 5.97 Å². The molecule has 1 unspecified atom stereocenters. The fraction of sp³-hybridized carbons (Fsp3) is 0.421. The van der Waals surface area contributed by atoms with Gasteiger partial charge in [-0.05, 0) is 56.3 Å². The van der Waals surface area contributed by atoms with E-state index >= 15 is 0 Å². The Kier molecular flexibility index (Phi) is 4.73. The molecule has 0 spiro atoms. The van der Waals surface area contributed by atoms with Crippen molar-refractivity contribution in [3.8, 4) is 0 Å². The Bertz CT molecular complexity index is 858. The maximum Gasteiger partial charge on any atom is 0.352 e. The summed E-state index contributed by atoms with van der Waals surface area (Å²) in [5.41, 5.74) is 6.78. The molecule has 2 heterocycles. The van der Waals surface area contributed by atoms with Crippen LogP contribution in [0.3, 0.4) is 0 Å². The summed E-state index contributed by atoms with van der Waals surface area (Å²) < 4.78 is 6.07. The number of carbonyl (C=O) groups excluding carboxylic acids is 2. The average Bonchev–Trinajstić information content (AvgIpc) is 2.88. The van der Waals surface area contributed by atoms with Crippen LogP contribution in [0.4, 0.5) is 0 Å². The first kappa shape index (κ1) is 19.3. The van der Waals surface area contributed by atoms with Crippen molar-refractivity contribution >= 4 is 31.7 Å². The first-order valence-corrected chi connectivity index (χ1v) is 12.3. The number of carboxylic acids is 1. The second-order valence-electron chi connectivity index (χ2n) is 8.02. The summed E-state index contributed by atoms with van der Waals surface area (Å²) in [7, 11) is -1.83. The van der Waals surface area contributed by atoms with Gasteiger partial charge in [-0.3, -0.25) is 9.59 Å². The van der Waals surface area contributed by atoms with Crippen molar-refractivity contribution < 1.29 is 23.9 Å². The van der Waals surface area contributed by atoms with Gasteiger partial charge in [0.2, 0.25) is 11.8 Å². The standard InChI is InChI=1S/C19H24N2O5Si/c1-10(26-27(2,3)4)15-14-9-13(16(19(24)25)21(14)18(15)23)11-6-5-7-12(8-11)17(20)22/h5-8,10,14-15H,9H2,1-4H3,(H2,20,22)(H,24,25)/t10-,14?,15-/m1/s1. The SMILES string of the molecule is C[C@@H](O[Si](C)(C)C)[C@H]1C(=O)N2C(C(=O)O)=C(c3cccc(C(N)=O)c3)CC12. The number of fused-ring (bicyclic) bond motifs is 1. The third-order valence-electron chi connectivity index (χ3n) is 4.95. The Morgan fingerprint density at radius 2 is 2.00 bits per heavy atom. The van der Waals surface area contributed by atoms with Crippen molar-refractivity contribution in [1.82, 2.24) is 4.90 Å². The number of carboxylic acid groups (broad SMARTS) is 1. The highest BCUT2D eigenvalue weighted by molar-refractivity contribution is 6.69. The fourth-order valence-corrected chi connectivity index (χ4v) is 5.27. The molecule has 2 aliphatic rings. The van der Waals surface area contributed by atoms with Crippen LogP contribution in [0, 0.1) is 5.92 Å². The first-order chi connectivity index (χ1) is 12.5. The highest BCUT2D eigenvalue weighted by atomic mass is 28.4. The summed E-state index contributed by atoms with van der Waals surface area (Å²) >= 11 is 0. The number of benzene rings is 1. The zero-order chi connectivity index (χ0) is 20.1. The van der Waals surface area contributed by atoms with Crippen molar-refractivity contribution in [2.24, 2.45) is 11.7 Å². The van der Waals surface area contributed by atoms with Crippen molar-refractivity contribution in [2.45, 2.75) is 45.1 Å². The molecule has 1 fully saturated rings. The lowest BCUT2D eigenvalue weighted by molar-refractivity contribution is -0.160. The molecule has 8 heteroatoms. The normalized spacial score (nSPS) is 23.1. The van der Waals surface area contributed by atoms with Crippen molar-refractivity contribution in [1.29, 1.82) is 0 Å². The van der Waals surface area contributed by atoms with Crippen LogP contribution in [0.5, 0.6) is 0 Å². The van der Waals surface area contributed by atoms with Crippen LogP contribution in [-0.2, 0) is 14.0 Å². The van der Waals surface area contributed by atoms with Crippen molar-refractivity contribution in [3.63, 3.8) is 0 Å². The Balaban J connectivity index is 1.94. The molecule has 1 aromatic carbocycles. The van der Waals surface area contributed by atoms with E-state index in [0.29, 0.717) is 23.1 Å². The number of β-lactam (4-membered cyclic amide) rings is 1. The molecule has 3 atom stereocenters. The quantitative estimate of drug-likeness (QED) is 0.572. The maximum atomic E-state index is 12.7. The predicted molar refractivity (Wildman–Crippen MR) is 102 cm³/mol. The van der Waals surface area contributed by atoms with Gasteiger partial charge in [-0.2, -0.15) is 0 Å². The number of rotatable bonds is 6. The number of amides is 2. The number of nitrogens with two attached hydrogens (primary N) is 1. The maximum absolute atomic E-state index is 12.7. The van der Waals surface area contributed by atoms with Gasteiger partial charge in [-0.25, -0.2) is 4.79 Å². The lowest BCUT2D eigenvalue weighted by Gasteiger charge is -2.47. The molecule has 0 aliphatic carbocycles. The van der Waals surface area contributed by atoms with Crippen molar-refractivity contribution in [2.75, 3.05) is 0 Å². The fourth-order valence-electron chi connectivity index (χ4n) is 4.00. The number of hydrogen-bond acceptors (Lipinski definition) is 4. The van der Waals surface area contributed by atoms with Gasteiger partial charge in [0.15, 0.2) is 8.32 Å². The van der Waals surface area contributed by atoms with E-state index in [0.717, 1.165) is 0 Å². The van der Waals surface area contributed by atoms with E-state index in [1.165, 1.54) is 4.90 Å². The largest absolute Gasteiger partial charge is 0.477 e. The molecular weight excluding hydrogens is 364 g/mol. The minimum Gasteiger partial charge on any atom is -0.477 e. The number of aliphatic carboxylic acids is 1. The molecule has 2 amide bonds. The molecule has 144 valence electrons. The summed E-state index contributed by atoms with van der Waals surface area (Å²) in [5, 5.41) is 9.71. The number of hydrogen-bond donors (Lipinski definition) is 2. The Morgan fingerprint density at radius 1 is 1.33 bits per heavy atom. The lowest BCUT2D eigenvalue weighted by atomic mass is 9.82. The number of carbonyl (C=O) groups is 3. The second-order valence-corrected chi connectivity index (χ2v) is 12.5. The predicted octanol–water partition coefficient (Wildman–Crippen LogP) is 2.05. The molecule has 1 saturated heterocycles. The van der Waals surface area contributed by atoms with E-state index in [1.54, 1.807) is 24.3 Å². The third-order valence-corrected chi connectivity index (χ3v) is 6.03. The third kappa shape index (κ3) is 3.42. The Labute approximate surface area is 158 Å². The highest BCUT2D eigenvalue weighted by Gasteiger charge is 2.57. The highest BCUT2D eigenvalue weighted by Crippen LogP contribution is 2.47. The summed E-state index contributed by atoms with van der Waals surface area (Å²) in [6.07, 6.45) is 0.149. The molecule has 2 aliphatic heterocycles. The molecule has 3 N–H and O–H groups in total. The molecule has 7 nitrogen and oxygen atoms in total. The van der Waals surface area contributed by atoms with E-state index in [2.05, 4.69) is 19.6 Å². The molecule has 27 heavy (non-hydrogen) atoms. The second kappa shape index (κ2) is 6.61. The van der Waals surface area contributed by atoms with Gasteiger partial charge in [-0.15, -0.1) is 0 Å². The molecule has 0 saturated carbocycles. The van der Waals surface area contributed by atoms with Crippen LogP contribution >= 0.6 is 0 Å². The molecule has 0 aromatic heterocycles. The van der Waals surface area contributed by atoms with Crippen molar-refractivity contribution in [3.05, 3.63) is 41.1 Å². The van der Waals surface area contributed by atoms with Crippen LogP contribution in [0.15, 0.2) is 30.0 Å². The summed E-state index contributed by atoms with van der Waals surface area (Å²) in [6.45, 7) is 8.05. The lowest BCUT2D eigenvalue weighted by Crippen LogP contribution is -2.63. The van der Waals surface area contributed by atoms with Gasteiger partial charge in [0.1, 0.15) is 5.70 Å². The van der Waals surface area contributed by atoms with Crippen LogP contribution in [0.2, 0.25) is 19.6 Å². The molecule has 1 aromatic rings. The number of nitrogens with zero attached hydrogens (tertiary/aromatic N) is 1. The topological polar surface area (TPSA) is 110 Å². The van der Waals surface area contributed by atoms with Gasteiger partial charge in [0.25, 0.3) is 0 Å². The Hall–Kier alpha value is -2.45. The minimum atomic E-state index is -1.83. The van der Waals surface area contributed by atoms with Gasteiger partial charge in [-0.1, -0.05) is 12.1 Å². The zero-order valence-corrected chi connectivity index (χ0v) is 16.9. The smallest absolute Gasteiger partial charge is 0.352 e. The van der Waals surface area contributed by atoms with Crippen LogP contribution < -0.4 is 5.73 Å². The zero-order valence-electron chi connectivity index (χ0n) is 15.9. The van der Waals surface area contributed by atoms with Gasteiger partial charge < -0.3 is 20.2 Å². The average molecular weight is 388 g/mol. The van der Waals surface area contributed by atoms with E-state index in [-0.39, 0.29) is 29.7 Å². The van der Waals surface area contributed by atoms with Crippen LogP contribution in [0.1, 0.15) is 29.3 Å². The monoisotopic (exact) mass is 388 g/mol. The molecule has 0 bridgehead atoms. The van der Waals surface area contributed by atoms with Crippen LogP contribution in [-0.4, -0.2) is 48.3 Å². The summed E-state index contributed by atoms with van der Waals surface area (Å²) in [5.74, 6) is -2.31. The number of primary amides is 1. The van der Waals surface area contributed by atoms with E-state index in [1.807, 2.05) is 6.92 Å². The van der Waals surface area contributed by atoms with Gasteiger partial charge in [0.05, 0.1) is 18.1 Å². The van der Waals surface area contributed by atoms with E-state index < -0.39 is 20.2 Å². The van der Waals surface area contributed by atoms with Crippen LogP contribution in [0.25, 0.3) is 5.57 Å². The van der Waals surface area contributed by atoms with E-state index in [9.17, 15) is 19.5 Å². The van der Waals surface area contributed by atoms with Gasteiger partial charge in [0, 0.05) is 5.56 Å². The molecule has 3 rings (SSSR count). The molecular formula is C19H24N2O5Si. The molecule has 0 radical (unpaired) electrons. The first-order valence-electron chi connectivity index (χ1n) is 8.89. The minimum absolute atomic E-state index is 0.0110. The van der Waals surface area contributed by atoms with E-state index in [4.69, 9.17) is 10.2 Å². The Morgan fingerprint density at radius 3 is 2.56 bits per heavy atom. The summed E-state index contributed by atoms with van der Waals surface area (Å²) in [4.78, 5) is 37.4. The summed E-state index contributed by atoms with van der Waals surface area (Å²) in [6, 6.07) is 6.32.